The minimum atomic E-state index is -3.73. The molecule has 0 bridgehead atoms. The van der Waals surface area contributed by atoms with Crippen molar-refractivity contribution >= 4 is 27.1 Å². The van der Waals surface area contributed by atoms with E-state index in [0.29, 0.717) is 18.8 Å². The van der Waals surface area contributed by atoms with Crippen LogP contribution in [0.15, 0.2) is 47.4 Å². The Labute approximate surface area is 158 Å². The molecule has 2 aromatic rings. The van der Waals surface area contributed by atoms with Gasteiger partial charge in [-0.25, -0.2) is 13.1 Å². The number of nitro groups is 1. The molecule has 0 radical (unpaired) electrons. The number of piperazine rings is 1. The second kappa shape index (κ2) is 7.53. The first-order chi connectivity index (χ1) is 12.8. The normalized spacial score (nSPS) is 15.0. The highest BCUT2D eigenvalue weighted by Gasteiger charge is 2.26. The maximum absolute atomic E-state index is 11.9. The van der Waals surface area contributed by atoms with Crippen LogP contribution in [-0.2, 0) is 10.0 Å². The number of nitro benzene ring substituents is 1. The summed E-state index contributed by atoms with van der Waals surface area (Å²) in [7, 11) is -2.45. The van der Waals surface area contributed by atoms with E-state index in [-0.39, 0.29) is 10.6 Å². The number of rotatable bonds is 5. The highest BCUT2D eigenvalue weighted by molar-refractivity contribution is 7.89. The van der Waals surface area contributed by atoms with E-state index >= 15 is 0 Å². The molecule has 0 saturated carbocycles. The number of nitrogens with one attached hydrogen (secondary N) is 1. The second-order valence-electron chi connectivity index (χ2n) is 6.43. The first-order valence-corrected chi connectivity index (χ1v) is 10.1. The second-order valence-corrected chi connectivity index (χ2v) is 8.31. The predicted molar refractivity (Wildman–Crippen MR) is 105 cm³/mol. The quantitative estimate of drug-likeness (QED) is 0.621. The molecule has 1 aliphatic rings. The molecule has 0 aliphatic carbocycles. The molecule has 2 aromatic carbocycles. The summed E-state index contributed by atoms with van der Waals surface area (Å²) in [5.41, 5.74) is 2.57. The molecule has 0 spiro atoms. The number of hydrogen-bond acceptors (Lipinski definition) is 6. The Morgan fingerprint density at radius 3 is 2.30 bits per heavy atom. The zero-order valence-corrected chi connectivity index (χ0v) is 16.1. The first-order valence-electron chi connectivity index (χ1n) is 8.60. The van der Waals surface area contributed by atoms with E-state index in [2.05, 4.69) is 21.8 Å². The van der Waals surface area contributed by atoms with Gasteiger partial charge in [0.1, 0.15) is 5.69 Å². The number of hydrogen-bond donors (Lipinski definition) is 1. The van der Waals surface area contributed by atoms with Crippen molar-refractivity contribution in [2.75, 3.05) is 43.0 Å². The molecule has 9 heteroatoms. The molecule has 1 aliphatic heterocycles. The molecule has 27 heavy (non-hydrogen) atoms. The number of benzene rings is 2. The lowest BCUT2D eigenvalue weighted by Gasteiger charge is -2.37. The summed E-state index contributed by atoms with van der Waals surface area (Å²) >= 11 is 0. The molecule has 1 saturated heterocycles. The Morgan fingerprint density at radius 2 is 1.70 bits per heavy atom. The Hall–Kier alpha value is -2.65. The van der Waals surface area contributed by atoms with Gasteiger partial charge in [0, 0.05) is 37.9 Å². The van der Waals surface area contributed by atoms with Gasteiger partial charge in [-0.05, 0) is 43.8 Å². The maximum Gasteiger partial charge on any atom is 0.293 e. The predicted octanol–water partition coefficient (Wildman–Crippen LogP) is 2.14. The monoisotopic (exact) mass is 390 g/mol. The zero-order valence-electron chi connectivity index (χ0n) is 15.3. The summed E-state index contributed by atoms with van der Waals surface area (Å²) in [5.74, 6) is 0. The van der Waals surface area contributed by atoms with Crippen molar-refractivity contribution in [3.63, 3.8) is 0 Å². The van der Waals surface area contributed by atoms with E-state index in [1.54, 1.807) is 0 Å². The van der Waals surface area contributed by atoms with E-state index in [9.17, 15) is 18.5 Å². The Balaban J connectivity index is 1.82. The number of nitrogens with zero attached hydrogens (tertiary/aromatic N) is 3. The SMILES string of the molecule is CNS(=O)(=O)c1ccc(N2CCN(c3cccc(C)c3)CC2)c([N+](=O)[O-])c1. The summed E-state index contributed by atoms with van der Waals surface area (Å²) in [6.45, 7) is 4.75. The lowest BCUT2D eigenvalue weighted by Crippen LogP contribution is -2.46. The van der Waals surface area contributed by atoms with Gasteiger partial charge in [-0.3, -0.25) is 10.1 Å². The summed E-state index contributed by atoms with van der Waals surface area (Å²) in [6.07, 6.45) is 0. The fourth-order valence-electron chi connectivity index (χ4n) is 3.23. The molecular formula is C18H22N4O4S. The van der Waals surface area contributed by atoms with Crippen molar-refractivity contribution < 1.29 is 13.3 Å². The van der Waals surface area contributed by atoms with Gasteiger partial charge >= 0.3 is 0 Å². The van der Waals surface area contributed by atoms with E-state index in [0.717, 1.165) is 24.8 Å². The van der Waals surface area contributed by atoms with Crippen LogP contribution in [0.5, 0.6) is 0 Å². The molecule has 3 rings (SSSR count). The average molecular weight is 390 g/mol. The largest absolute Gasteiger partial charge is 0.368 e. The third kappa shape index (κ3) is 4.04. The van der Waals surface area contributed by atoms with E-state index < -0.39 is 14.9 Å². The summed E-state index contributed by atoms with van der Waals surface area (Å²) in [4.78, 5) is 15.0. The third-order valence-corrected chi connectivity index (χ3v) is 6.12. The Bertz CT molecular complexity index is 954. The van der Waals surface area contributed by atoms with E-state index in [4.69, 9.17) is 0 Å². The van der Waals surface area contributed by atoms with Gasteiger partial charge in [0.05, 0.1) is 9.82 Å². The highest BCUT2D eigenvalue weighted by Crippen LogP contribution is 2.32. The zero-order chi connectivity index (χ0) is 19.6. The van der Waals surface area contributed by atoms with E-state index in [1.165, 1.54) is 24.7 Å². The number of aryl methyl sites for hydroxylation is 1. The van der Waals surface area contributed by atoms with Gasteiger partial charge in [0.2, 0.25) is 10.0 Å². The van der Waals surface area contributed by atoms with Crippen LogP contribution in [0.2, 0.25) is 0 Å². The Morgan fingerprint density at radius 1 is 1.04 bits per heavy atom. The molecule has 0 unspecified atom stereocenters. The van der Waals surface area contributed by atoms with Crippen LogP contribution in [0, 0.1) is 17.0 Å². The van der Waals surface area contributed by atoms with Gasteiger partial charge in [0.15, 0.2) is 0 Å². The van der Waals surface area contributed by atoms with Gasteiger partial charge < -0.3 is 9.80 Å². The smallest absolute Gasteiger partial charge is 0.293 e. The molecule has 0 aromatic heterocycles. The van der Waals surface area contributed by atoms with Crippen LogP contribution in [0.1, 0.15) is 5.56 Å². The topological polar surface area (TPSA) is 95.8 Å². The molecule has 8 nitrogen and oxygen atoms in total. The van der Waals surface area contributed by atoms with Crippen LogP contribution >= 0.6 is 0 Å². The Kier molecular flexibility index (Phi) is 5.33. The van der Waals surface area contributed by atoms with Crippen molar-refractivity contribution in [3.05, 3.63) is 58.1 Å². The molecule has 1 heterocycles. The van der Waals surface area contributed by atoms with Crippen molar-refractivity contribution in [2.24, 2.45) is 0 Å². The van der Waals surface area contributed by atoms with Crippen LogP contribution in [0.25, 0.3) is 0 Å². The van der Waals surface area contributed by atoms with Gasteiger partial charge in [-0.15, -0.1) is 0 Å². The minimum Gasteiger partial charge on any atom is -0.368 e. The maximum atomic E-state index is 11.9. The van der Waals surface area contributed by atoms with Crippen LogP contribution in [0.3, 0.4) is 0 Å². The van der Waals surface area contributed by atoms with E-state index in [1.807, 2.05) is 24.0 Å². The minimum absolute atomic E-state index is 0.112. The lowest BCUT2D eigenvalue weighted by atomic mass is 10.1. The average Bonchev–Trinajstić information content (AvgIpc) is 2.67. The highest BCUT2D eigenvalue weighted by atomic mass is 32.2. The van der Waals surface area contributed by atoms with Crippen LogP contribution < -0.4 is 14.5 Å². The number of sulfonamides is 1. The molecule has 1 fully saturated rings. The van der Waals surface area contributed by atoms with Crippen molar-refractivity contribution in [3.8, 4) is 0 Å². The summed E-state index contributed by atoms with van der Waals surface area (Å²) < 4.78 is 26.1. The standard InChI is InChI=1S/C18H22N4O4S/c1-14-4-3-5-15(12-14)20-8-10-21(11-9-20)17-7-6-16(27(25,26)19-2)13-18(17)22(23)24/h3-7,12-13,19H,8-11H2,1-2H3. The first kappa shape index (κ1) is 19.1. The van der Waals surface area contributed by atoms with Crippen molar-refractivity contribution in [1.29, 1.82) is 0 Å². The fraction of sp³-hybridized carbons (Fsp3) is 0.333. The molecule has 1 N–H and O–H groups in total. The molecule has 0 amide bonds. The van der Waals surface area contributed by atoms with Gasteiger partial charge in [-0.1, -0.05) is 12.1 Å². The summed E-state index contributed by atoms with van der Waals surface area (Å²) in [5, 5.41) is 11.5. The number of anilines is 2. The summed E-state index contributed by atoms with van der Waals surface area (Å²) in [6, 6.07) is 12.3. The molecule has 144 valence electrons. The molecular weight excluding hydrogens is 368 g/mol. The fourth-order valence-corrected chi connectivity index (χ4v) is 3.98. The third-order valence-electron chi connectivity index (χ3n) is 4.71. The van der Waals surface area contributed by atoms with Gasteiger partial charge in [0.25, 0.3) is 5.69 Å². The lowest BCUT2D eigenvalue weighted by molar-refractivity contribution is -0.384. The van der Waals surface area contributed by atoms with Crippen molar-refractivity contribution in [2.45, 2.75) is 11.8 Å². The molecule has 0 atom stereocenters. The van der Waals surface area contributed by atoms with Crippen LogP contribution in [-0.4, -0.2) is 46.6 Å². The van der Waals surface area contributed by atoms with Gasteiger partial charge in [-0.2, -0.15) is 0 Å². The van der Waals surface area contributed by atoms with Crippen LogP contribution in [0.4, 0.5) is 17.1 Å². The van der Waals surface area contributed by atoms with Crippen molar-refractivity contribution in [1.82, 2.24) is 4.72 Å².